The number of carbonyl (C=O) groups is 3. The molecule has 1 N–H and O–H groups in total. The number of ether oxygens (including phenoxy) is 1. The van der Waals surface area contributed by atoms with Crippen molar-refractivity contribution in [2.45, 2.75) is 26.3 Å². The van der Waals surface area contributed by atoms with Gasteiger partial charge in [0.25, 0.3) is 0 Å². The molecule has 0 bridgehead atoms. The van der Waals surface area contributed by atoms with E-state index in [0.29, 0.717) is 18.7 Å². The minimum Gasteiger partial charge on any atom is -0.450 e. The van der Waals surface area contributed by atoms with E-state index in [-0.39, 0.29) is 37.1 Å². The van der Waals surface area contributed by atoms with Gasteiger partial charge >= 0.3 is 6.09 Å². The van der Waals surface area contributed by atoms with E-state index in [2.05, 4.69) is 10.1 Å². The summed E-state index contributed by atoms with van der Waals surface area (Å²) in [6, 6.07) is 8.45. The molecule has 1 saturated heterocycles. The van der Waals surface area contributed by atoms with Crippen LogP contribution in [0, 0.1) is 0 Å². The number of imide groups is 1. The molecule has 29 heavy (non-hydrogen) atoms. The number of likely N-dealkylation sites (N-methyl/N-ethyl adjacent to an activating group) is 1. The van der Waals surface area contributed by atoms with Crippen LogP contribution in [0.3, 0.4) is 0 Å². The molecule has 1 aliphatic rings. The number of rotatable bonds is 8. The van der Waals surface area contributed by atoms with Crippen molar-refractivity contribution in [3.63, 3.8) is 0 Å². The van der Waals surface area contributed by atoms with Gasteiger partial charge in [-0.05, 0) is 32.0 Å². The lowest BCUT2D eigenvalue weighted by atomic mass is 10.1. The Kier molecular flexibility index (Phi) is 8.15. The Balaban J connectivity index is 2.09. The van der Waals surface area contributed by atoms with Crippen LogP contribution >= 0.6 is 0 Å². The second-order valence-electron chi connectivity index (χ2n) is 6.73. The first-order valence-corrected chi connectivity index (χ1v) is 11.3. The number of anilines is 1. The molecule has 160 valence electrons. The zero-order valence-electron chi connectivity index (χ0n) is 16.7. The van der Waals surface area contributed by atoms with Crippen molar-refractivity contribution in [1.29, 1.82) is 0 Å². The van der Waals surface area contributed by atoms with Gasteiger partial charge in [0.15, 0.2) is 9.84 Å². The molecular weight excluding hydrogens is 398 g/mol. The molecule has 2 rings (SSSR count). The van der Waals surface area contributed by atoms with E-state index in [0.717, 1.165) is 0 Å². The van der Waals surface area contributed by atoms with Crippen molar-refractivity contribution in [3.05, 3.63) is 30.3 Å². The molecule has 0 radical (unpaired) electrons. The molecule has 1 heterocycles. The van der Waals surface area contributed by atoms with E-state index >= 15 is 0 Å². The third kappa shape index (κ3) is 6.82. The number of amides is 3. The molecule has 9 nitrogen and oxygen atoms in total. The molecular formula is C19H27N3O6S. The SMILES string of the molecule is CCOC(=O)NC(=O)CN(CC)CC(=O)N(c1ccccc1)[C@@H]1CCS(=O)(=O)C1. The second kappa shape index (κ2) is 10.4. The number of sulfone groups is 1. The number of alkyl carbamates (subject to hydrolysis) is 1. The number of hydrogen-bond acceptors (Lipinski definition) is 7. The lowest BCUT2D eigenvalue weighted by Crippen LogP contribution is -2.48. The van der Waals surface area contributed by atoms with Crippen LogP contribution in [0.15, 0.2) is 30.3 Å². The van der Waals surface area contributed by atoms with E-state index in [1.165, 1.54) is 4.90 Å². The molecule has 0 saturated carbocycles. The van der Waals surface area contributed by atoms with Crippen molar-refractivity contribution in [1.82, 2.24) is 10.2 Å². The van der Waals surface area contributed by atoms with Crippen molar-refractivity contribution in [2.24, 2.45) is 0 Å². The summed E-state index contributed by atoms with van der Waals surface area (Å²) < 4.78 is 28.5. The topological polar surface area (TPSA) is 113 Å². The smallest absolute Gasteiger partial charge is 0.413 e. The highest BCUT2D eigenvalue weighted by atomic mass is 32.2. The van der Waals surface area contributed by atoms with Crippen LogP contribution in [0.1, 0.15) is 20.3 Å². The van der Waals surface area contributed by atoms with E-state index in [1.807, 2.05) is 6.07 Å². The fourth-order valence-corrected chi connectivity index (χ4v) is 4.90. The van der Waals surface area contributed by atoms with Crippen molar-refractivity contribution < 1.29 is 27.5 Å². The number of hydrogen-bond donors (Lipinski definition) is 1. The van der Waals surface area contributed by atoms with Crippen LogP contribution in [0.25, 0.3) is 0 Å². The van der Waals surface area contributed by atoms with E-state index in [4.69, 9.17) is 0 Å². The lowest BCUT2D eigenvalue weighted by Gasteiger charge is -2.30. The molecule has 0 aromatic heterocycles. The zero-order chi connectivity index (χ0) is 21.4. The number of nitrogens with one attached hydrogen (secondary N) is 1. The highest BCUT2D eigenvalue weighted by Gasteiger charge is 2.36. The minimum atomic E-state index is -3.18. The molecule has 1 fully saturated rings. The Morgan fingerprint density at radius 1 is 1.14 bits per heavy atom. The quantitative estimate of drug-likeness (QED) is 0.655. The van der Waals surface area contributed by atoms with Crippen molar-refractivity contribution >= 4 is 33.4 Å². The van der Waals surface area contributed by atoms with Gasteiger partial charge in [0, 0.05) is 5.69 Å². The molecule has 1 atom stereocenters. The van der Waals surface area contributed by atoms with Gasteiger partial charge < -0.3 is 9.64 Å². The Morgan fingerprint density at radius 3 is 2.38 bits per heavy atom. The largest absolute Gasteiger partial charge is 0.450 e. The molecule has 1 aromatic rings. The molecule has 1 aromatic carbocycles. The first-order chi connectivity index (χ1) is 13.8. The third-order valence-corrected chi connectivity index (χ3v) is 6.32. The summed E-state index contributed by atoms with van der Waals surface area (Å²) in [7, 11) is -3.18. The number of nitrogens with zero attached hydrogens (tertiary/aromatic N) is 2. The van der Waals surface area contributed by atoms with Gasteiger partial charge in [-0.1, -0.05) is 25.1 Å². The molecule has 0 unspecified atom stereocenters. The van der Waals surface area contributed by atoms with Crippen LogP contribution in [-0.2, 0) is 24.2 Å². The van der Waals surface area contributed by atoms with Gasteiger partial charge in [-0.25, -0.2) is 13.2 Å². The summed E-state index contributed by atoms with van der Waals surface area (Å²) in [5.41, 5.74) is 0.617. The number of para-hydroxylation sites is 1. The van der Waals surface area contributed by atoms with Crippen LogP contribution in [0.4, 0.5) is 10.5 Å². The highest BCUT2D eigenvalue weighted by molar-refractivity contribution is 7.91. The van der Waals surface area contributed by atoms with Crippen molar-refractivity contribution in [2.75, 3.05) is 42.6 Å². The summed E-state index contributed by atoms with van der Waals surface area (Å²) in [6.45, 7) is 3.71. The summed E-state index contributed by atoms with van der Waals surface area (Å²) in [6.07, 6.45) is -0.458. The monoisotopic (exact) mass is 425 g/mol. The Bertz CT molecular complexity index is 828. The van der Waals surface area contributed by atoms with E-state index < -0.39 is 27.9 Å². The Hall–Kier alpha value is -2.46. The van der Waals surface area contributed by atoms with Gasteiger partial charge in [-0.15, -0.1) is 0 Å². The first kappa shape index (κ1) is 22.8. The maximum Gasteiger partial charge on any atom is 0.413 e. The fraction of sp³-hybridized carbons (Fsp3) is 0.526. The van der Waals surface area contributed by atoms with Gasteiger partial charge in [-0.2, -0.15) is 0 Å². The van der Waals surface area contributed by atoms with E-state index in [1.54, 1.807) is 43.0 Å². The molecule has 0 spiro atoms. The summed E-state index contributed by atoms with van der Waals surface area (Å²) in [5.74, 6) is -0.909. The minimum absolute atomic E-state index is 0.0493. The highest BCUT2D eigenvalue weighted by Crippen LogP contribution is 2.24. The maximum absolute atomic E-state index is 13.1. The molecule has 0 aliphatic carbocycles. The predicted molar refractivity (Wildman–Crippen MR) is 108 cm³/mol. The molecule has 1 aliphatic heterocycles. The zero-order valence-corrected chi connectivity index (χ0v) is 17.5. The second-order valence-corrected chi connectivity index (χ2v) is 8.96. The Labute approximate surface area is 170 Å². The summed E-state index contributed by atoms with van der Waals surface area (Å²) in [4.78, 5) is 39.5. The third-order valence-electron chi connectivity index (χ3n) is 4.57. The van der Waals surface area contributed by atoms with Crippen molar-refractivity contribution in [3.8, 4) is 0 Å². The summed E-state index contributed by atoms with van der Waals surface area (Å²) in [5, 5.41) is 2.10. The predicted octanol–water partition coefficient (Wildman–Crippen LogP) is 0.801. The van der Waals surface area contributed by atoms with Crippen LogP contribution in [-0.4, -0.2) is 75.0 Å². The van der Waals surface area contributed by atoms with Gasteiger partial charge in [-0.3, -0.25) is 19.8 Å². The standard InChI is InChI=1S/C19H27N3O6S/c1-3-21(12-17(23)20-19(25)28-4-2)13-18(24)22(15-8-6-5-7-9-15)16-10-11-29(26,27)14-16/h5-9,16H,3-4,10-14H2,1-2H3,(H,20,23,25)/t16-/m1/s1. The number of carbonyl (C=O) groups excluding carboxylic acids is 3. The Morgan fingerprint density at radius 2 is 1.83 bits per heavy atom. The van der Waals surface area contributed by atoms with Crippen LogP contribution < -0.4 is 10.2 Å². The maximum atomic E-state index is 13.1. The van der Waals surface area contributed by atoms with Gasteiger partial charge in [0.05, 0.1) is 37.2 Å². The van der Waals surface area contributed by atoms with Gasteiger partial charge in [0.1, 0.15) is 0 Å². The summed E-state index contributed by atoms with van der Waals surface area (Å²) >= 11 is 0. The average molecular weight is 426 g/mol. The molecule has 10 heteroatoms. The normalized spacial score (nSPS) is 17.7. The number of benzene rings is 1. The first-order valence-electron chi connectivity index (χ1n) is 9.52. The average Bonchev–Trinajstić information content (AvgIpc) is 3.01. The van der Waals surface area contributed by atoms with Gasteiger partial charge in [0.2, 0.25) is 11.8 Å². The van der Waals surface area contributed by atoms with Crippen LogP contribution in [0.2, 0.25) is 0 Å². The lowest BCUT2D eigenvalue weighted by molar-refractivity contribution is -0.123. The van der Waals surface area contributed by atoms with E-state index in [9.17, 15) is 22.8 Å². The fourth-order valence-electron chi connectivity index (χ4n) is 3.20. The van der Waals surface area contributed by atoms with Crippen LogP contribution in [0.5, 0.6) is 0 Å². The molecule has 3 amide bonds.